The lowest BCUT2D eigenvalue weighted by Gasteiger charge is -2.36. The van der Waals surface area contributed by atoms with Crippen LogP contribution >= 0.6 is 0 Å². The summed E-state index contributed by atoms with van der Waals surface area (Å²) >= 11 is 0. The van der Waals surface area contributed by atoms with Crippen LogP contribution in [0.2, 0.25) is 0 Å². The molecular weight excluding hydrogens is 518 g/mol. The summed E-state index contributed by atoms with van der Waals surface area (Å²) in [6.07, 6.45) is -0.525. The van der Waals surface area contributed by atoms with Gasteiger partial charge in [0.2, 0.25) is 0 Å². The number of rotatable bonds is 12. The Bertz CT molecular complexity index is 1240. The first kappa shape index (κ1) is 27.9. The molecule has 0 saturated carbocycles. The monoisotopic (exact) mass is 537 g/mol. The van der Waals surface area contributed by atoms with Gasteiger partial charge in [-0.3, -0.25) is 4.98 Å². The molecule has 3 aromatic rings. The highest BCUT2D eigenvalue weighted by Gasteiger charge is 2.79. The van der Waals surface area contributed by atoms with Gasteiger partial charge in [0.15, 0.2) is 0 Å². The number of esters is 1. The molecule has 0 spiro atoms. The highest BCUT2D eigenvalue weighted by atomic mass is 19.4. The highest BCUT2D eigenvalue weighted by Crippen LogP contribution is 2.54. The second-order valence-electron chi connectivity index (χ2n) is 7.83. The fourth-order valence-corrected chi connectivity index (χ4v) is 3.16. The van der Waals surface area contributed by atoms with Gasteiger partial charge in [-0.1, -0.05) is 6.58 Å². The summed E-state index contributed by atoms with van der Waals surface area (Å²) in [5.74, 6) is -25.1. The van der Waals surface area contributed by atoms with Gasteiger partial charge in [0.05, 0.1) is 26.1 Å². The van der Waals surface area contributed by atoms with Gasteiger partial charge in [-0.25, -0.2) is 4.79 Å². The molecule has 0 radical (unpaired) electrons. The molecule has 2 heterocycles. The number of carbonyl (C=O) groups is 1. The quantitative estimate of drug-likeness (QED) is 0.143. The molecule has 13 heteroatoms. The fourth-order valence-electron chi connectivity index (χ4n) is 3.16. The van der Waals surface area contributed by atoms with E-state index in [1.807, 2.05) is 0 Å². The first-order chi connectivity index (χ1) is 17.2. The van der Waals surface area contributed by atoms with Crippen LogP contribution in [0.3, 0.4) is 0 Å². The van der Waals surface area contributed by atoms with Crippen molar-refractivity contribution in [2.45, 2.75) is 36.5 Å². The minimum Gasteiger partial charge on any atom is -0.493 e. The van der Waals surface area contributed by atoms with Crippen LogP contribution in [-0.2, 0) is 9.53 Å². The van der Waals surface area contributed by atoms with Crippen LogP contribution in [0.25, 0.3) is 22.3 Å². The number of hydrogen-bond acceptors (Lipinski definition) is 5. The molecule has 3 rings (SSSR count). The van der Waals surface area contributed by atoms with E-state index < -0.39 is 55.7 Å². The predicted octanol–water partition coefficient (Wildman–Crippen LogP) is 6.92. The van der Waals surface area contributed by atoms with E-state index in [0.717, 1.165) is 0 Å². The number of aromatic nitrogens is 1. The lowest BCUT2D eigenvalue weighted by Crippen LogP contribution is -2.62. The van der Waals surface area contributed by atoms with Gasteiger partial charge < -0.3 is 13.9 Å². The molecule has 37 heavy (non-hydrogen) atoms. The molecule has 0 aliphatic heterocycles. The molecule has 5 nitrogen and oxygen atoms in total. The molecule has 2 aromatic heterocycles. The van der Waals surface area contributed by atoms with Crippen LogP contribution in [0, 0.1) is 0 Å². The Balaban J connectivity index is 1.66. The molecule has 200 valence electrons. The second kappa shape index (κ2) is 10.4. The molecule has 0 bridgehead atoms. The Labute approximate surface area is 204 Å². The van der Waals surface area contributed by atoms with Gasteiger partial charge in [-0.2, -0.15) is 35.1 Å². The largest absolute Gasteiger partial charge is 0.493 e. The van der Waals surface area contributed by atoms with Gasteiger partial charge >= 0.3 is 29.7 Å². The summed E-state index contributed by atoms with van der Waals surface area (Å²) in [7, 11) is 0. The lowest BCUT2D eigenvalue weighted by atomic mass is 9.95. The van der Waals surface area contributed by atoms with Crippen molar-refractivity contribution >= 4 is 16.9 Å². The van der Waals surface area contributed by atoms with E-state index in [2.05, 4.69) is 16.3 Å². The van der Waals surface area contributed by atoms with Crippen LogP contribution in [0.4, 0.5) is 35.1 Å². The predicted molar refractivity (Wildman–Crippen MR) is 115 cm³/mol. The lowest BCUT2D eigenvalue weighted by molar-refractivity contribution is -0.368. The summed E-state index contributed by atoms with van der Waals surface area (Å²) in [5.41, 5.74) is 0.886. The van der Waals surface area contributed by atoms with E-state index >= 15 is 0 Å². The molecular formula is C24H19F8NO4. The van der Waals surface area contributed by atoms with Crippen molar-refractivity contribution in [3.63, 3.8) is 0 Å². The van der Waals surface area contributed by atoms with Crippen molar-refractivity contribution in [1.82, 2.24) is 4.98 Å². The Morgan fingerprint density at radius 1 is 0.946 bits per heavy atom. The number of fused-ring (bicyclic) bond motifs is 1. The number of furan rings is 1. The maximum Gasteiger partial charge on any atom is 0.378 e. The van der Waals surface area contributed by atoms with Gasteiger partial charge in [0.1, 0.15) is 17.1 Å². The third-order valence-corrected chi connectivity index (χ3v) is 5.26. The molecule has 0 unspecified atom stereocenters. The molecule has 1 aromatic carbocycles. The Morgan fingerprint density at radius 2 is 1.59 bits per heavy atom. The number of ether oxygens (including phenoxy) is 2. The van der Waals surface area contributed by atoms with Crippen molar-refractivity contribution in [2.75, 3.05) is 13.2 Å². The van der Waals surface area contributed by atoms with Crippen molar-refractivity contribution in [3.05, 3.63) is 61.4 Å². The molecule has 0 atom stereocenters. The van der Waals surface area contributed by atoms with Crippen molar-refractivity contribution in [2.24, 2.45) is 0 Å². The third-order valence-electron chi connectivity index (χ3n) is 5.26. The van der Waals surface area contributed by atoms with Crippen LogP contribution in [0.5, 0.6) is 5.75 Å². The van der Waals surface area contributed by atoms with Crippen LogP contribution in [0.1, 0.15) is 12.8 Å². The van der Waals surface area contributed by atoms with E-state index in [1.165, 1.54) is 24.4 Å². The average molecular weight is 537 g/mol. The summed E-state index contributed by atoms with van der Waals surface area (Å²) < 4.78 is 127. The summed E-state index contributed by atoms with van der Waals surface area (Å²) in [5, 5.41) is 0.587. The van der Waals surface area contributed by atoms with E-state index in [0.29, 0.717) is 22.8 Å². The van der Waals surface area contributed by atoms with Crippen molar-refractivity contribution in [1.29, 1.82) is 0 Å². The number of halogens is 8. The number of alkyl halides is 8. The number of nitrogens with zero attached hydrogens (tertiary/aromatic N) is 1. The summed E-state index contributed by atoms with van der Waals surface area (Å²) in [6, 6.07) is 9.09. The van der Waals surface area contributed by atoms with Crippen molar-refractivity contribution in [3.8, 4) is 17.1 Å². The van der Waals surface area contributed by atoms with E-state index in [1.54, 1.807) is 24.4 Å². The topological polar surface area (TPSA) is 61.6 Å². The molecule has 0 saturated heterocycles. The van der Waals surface area contributed by atoms with Crippen molar-refractivity contribution < 1.29 is 53.8 Å². The van der Waals surface area contributed by atoms with Gasteiger partial charge in [0.25, 0.3) is 0 Å². The average Bonchev–Trinajstić information content (AvgIpc) is 3.27. The Morgan fingerprint density at radius 3 is 2.19 bits per heavy atom. The number of carbonyl (C=O) groups excluding carboxylic acids is 1. The third kappa shape index (κ3) is 5.70. The zero-order valence-corrected chi connectivity index (χ0v) is 18.8. The van der Waals surface area contributed by atoms with Crippen LogP contribution in [0.15, 0.2) is 65.9 Å². The Kier molecular flexibility index (Phi) is 7.84. The number of hydrogen-bond donors (Lipinski definition) is 0. The number of benzene rings is 1. The molecule has 0 aliphatic carbocycles. The molecule has 0 amide bonds. The van der Waals surface area contributed by atoms with Crippen LogP contribution in [-0.4, -0.2) is 47.9 Å². The molecule has 0 aliphatic rings. The van der Waals surface area contributed by atoms with Gasteiger partial charge in [0, 0.05) is 35.5 Å². The maximum absolute atomic E-state index is 14.1. The maximum atomic E-state index is 14.1. The van der Waals surface area contributed by atoms with Gasteiger partial charge in [-0.05, 0) is 30.3 Å². The van der Waals surface area contributed by atoms with E-state index in [9.17, 15) is 39.9 Å². The van der Waals surface area contributed by atoms with E-state index in [4.69, 9.17) is 9.15 Å². The SMILES string of the molecule is C=CC(=O)OCCC(F)(F)C(F)(F)C(F)(F)C(F)(F)CCOc1ccc2cc(-c3cccnc3)oc2c1. The number of pyridine rings is 1. The Hall–Kier alpha value is -3.64. The van der Waals surface area contributed by atoms with Crippen LogP contribution < -0.4 is 4.74 Å². The zero-order chi connectivity index (χ0) is 27.5. The van der Waals surface area contributed by atoms with E-state index in [-0.39, 0.29) is 11.3 Å². The minimum atomic E-state index is -6.47. The second-order valence-corrected chi connectivity index (χ2v) is 7.83. The summed E-state index contributed by atoms with van der Waals surface area (Å²) in [4.78, 5) is 14.8. The first-order valence-corrected chi connectivity index (χ1v) is 10.6. The highest BCUT2D eigenvalue weighted by molar-refractivity contribution is 5.83. The zero-order valence-electron chi connectivity index (χ0n) is 18.8. The minimum absolute atomic E-state index is 0.111. The first-order valence-electron chi connectivity index (χ1n) is 10.6. The smallest absolute Gasteiger partial charge is 0.378 e. The molecule has 0 N–H and O–H groups in total. The summed E-state index contributed by atoms with van der Waals surface area (Å²) in [6.45, 7) is 0.300. The van der Waals surface area contributed by atoms with Gasteiger partial charge in [-0.15, -0.1) is 0 Å². The fraction of sp³-hybridized carbons (Fsp3) is 0.333. The normalized spacial score (nSPS) is 13.0. The standard InChI is InChI=1S/C24H19F8NO4/c1-2-20(34)36-11-8-22(27,28)24(31,32)23(29,30)21(25,26)7-10-35-17-6-5-15-12-18(37-19(15)13-17)16-4-3-9-33-14-16/h2-6,9,12-14H,1,7-8,10-11H2. The molecule has 0 fully saturated rings.